The van der Waals surface area contributed by atoms with Crippen molar-refractivity contribution in [3.05, 3.63) is 41.0 Å². The van der Waals surface area contributed by atoms with Gasteiger partial charge in [-0.3, -0.25) is 24.0 Å². The molecule has 276 valence electrons. The van der Waals surface area contributed by atoms with Gasteiger partial charge in [-0.05, 0) is 23.5 Å². The van der Waals surface area contributed by atoms with E-state index in [1.165, 1.54) is 4.90 Å². The number of aliphatic hydroxyl groups is 1. The molecule has 1 aromatic heterocycles. The molecule has 5 N–H and O–H groups in total. The molecule has 3 unspecified atom stereocenters. The Kier molecular flexibility index (Phi) is 16.2. The number of aliphatic hydroxyl groups excluding tert-OH is 1. The molecule has 3 atom stereocenters. The van der Waals surface area contributed by atoms with Gasteiger partial charge in [-0.1, -0.05) is 45.0 Å². The maximum absolute atomic E-state index is 13.8. The number of thiazole rings is 1. The Labute approximate surface area is 296 Å². The number of hydrogen-bond acceptors (Lipinski definition) is 11. The second-order valence-corrected chi connectivity index (χ2v) is 13.8. The number of β-amino-alcohol motifs (C(OH)–C–C–N with tert-alkyl or cyclic N) is 1. The molecule has 15 nitrogen and oxygen atoms in total. The first-order valence-corrected chi connectivity index (χ1v) is 17.4. The fraction of sp³-hybridized carbons (Fsp3) is 0.588. The van der Waals surface area contributed by atoms with Crippen LogP contribution in [0.3, 0.4) is 0 Å². The van der Waals surface area contributed by atoms with E-state index in [-0.39, 0.29) is 90.4 Å². The van der Waals surface area contributed by atoms with Crippen molar-refractivity contribution in [1.29, 1.82) is 0 Å². The minimum Gasteiger partial charge on any atom is -0.481 e. The van der Waals surface area contributed by atoms with Crippen molar-refractivity contribution >= 4 is 40.9 Å². The van der Waals surface area contributed by atoms with Gasteiger partial charge in [0, 0.05) is 32.5 Å². The van der Waals surface area contributed by atoms with Crippen LogP contribution < -0.4 is 16.0 Å². The average molecular weight is 720 g/mol. The summed E-state index contributed by atoms with van der Waals surface area (Å²) in [5, 5.41) is 27.2. The van der Waals surface area contributed by atoms with E-state index in [0.717, 1.165) is 21.7 Å². The molecule has 2 heterocycles. The second kappa shape index (κ2) is 20.0. The number of aromatic nitrogens is 1. The number of amides is 4. The highest BCUT2D eigenvalue weighted by Gasteiger charge is 2.44. The first-order valence-electron chi connectivity index (χ1n) is 16.5. The van der Waals surface area contributed by atoms with Gasteiger partial charge in [0.2, 0.25) is 23.6 Å². The van der Waals surface area contributed by atoms with E-state index in [4.69, 9.17) is 19.3 Å². The molecule has 1 saturated heterocycles. The zero-order valence-corrected chi connectivity index (χ0v) is 29.9. The molecular formula is C34H49N5O10S. The lowest BCUT2D eigenvalue weighted by Gasteiger charge is -2.35. The van der Waals surface area contributed by atoms with Crippen molar-refractivity contribution in [2.24, 2.45) is 5.41 Å². The Morgan fingerprint density at radius 3 is 2.24 bits per heavy atom. The van der Waals surface area contributed by atoms with E-state index in [9.17, 15) is 29.1 Å². The van der Waals surface area contributed by atoms with Crippen LogP contribution in [0.4, 0.5) is 0 Å². The molecule has 2 aromatic rings. The van der Waals surface area contributed by atoms with Crippen LogP contribution in [0.1, 0.15) is 51.3 Å². The van der Waals surface area contributed by atoms with E-state index < -0.39 is 41.4 Å². The maximum atomic E-state index is 13.8. The van der Waals surface area contributed by atoms with E-state index in [1.54, 1.807) is 37.6 Å². The van der Waals surface area contributed by atoms with Gasteiger partial charge < -0.3 is 45.3 Å². The highest BCUT2D eigenvalue weighted by molar-refractivity contribution is 7.13. The summed E-state index contributed by atoms with van der Waals surface area (Å²) in [5.41, 5.74) is 3.98. The van der Waals surface area contributed by atoms with E-state index >= 15 is 0 Å². The maximum Gasteiger partial charge on any atom is 0.303 e. The van der Waals surface area contributed by atoms with Crippen LogP contribution in [0.5, 0.6) is 0 Å². The topological polar surface area (TPSA) is 206 Å². The Morgan fingerprint density at radius 2 is 1.62 bits per heavy atom. The predicted octanol–water partition coefficient (Wildman–Crippen LogP) is 1.26. The van der Waals surface area contributed by atoms with Gasteiger partial charge >= 0.3 is 5.97 Å². The average Bonchev–Trinajstić information content (AvgIpc) is 3.68. The monoisotopic (exact) mass is 719 g/mol. The number of carbonyl (C=O) groups excluding carboxylic acids is 4. The third kappa shape index (κ3) is 13.4. The molecule has 0 bridgehead atoms. The molecule has 0 saturated carbocycles. The highest BCUT2D eigenvalue weighted by atomic mass is 32.1. The number of hydrogen-bond donors (Lipinski definition) is 5. The van der Waals surface area contributed by atoms with E-state index in [2.05, 4.69) is 20.9 Å². The smallest absolute Gasteiger partial charge is 0.303 e. The van der Waals surface area contributed by atoms with Gasteiger partial charge in [0.15, 0.2) is 0 Å². The number of ether oxygens (including phenoxy) is 3. The van der Waals surface area contributed by atoms with Crippen LogP contribution in [-0.2, 0) is 44.7 Å². The van der Waals surface area contributed by atoms with Crippen LogP contribution >= 0.6 is 11.3 Å². The summed E-state index contributed by atoms with van der Waals surface area (Å²) in [7, 11) is 0. The summed E-state index contributed by atoms with van der Waals surface area (Å²) >= 11 is 1.56. The summed E-state index contributed by atoms with van der Waals surface area (Å²) in [6.07, 6.45) is -1.10. The third-order valence-corrected chi connectivity index (χ3v) is 8.80. The first-order chi connectivity index (χ1) is 23.8. The van der Waals surface area contributed by atoms with Crippen molar-refractivity contribution in [2.75, 3.05) is 52.7 Å². The fourth-order valence-electron chi connectivity index (χ4n) is 5.16. The van der Waals surface area contributed by atoms with Gasteiger partial charge in [-0.15, -0.1) is 11.3 Å². The number of aliphatic carboxylic acids is 1. The lowest BCUT2D eigenvalue weighted by molar-refractivity contribution is -0.144. The second-order valence-electron chi connectivity index (χ2n) is 13.0. The molecule has 1 aliphatic rings. The molecule has 0 radical (unpaired) electrons. The molecule has 16 heteroatoms. The summed E-state index contributed by atoms with van der Waals surface area (Å²) in [5.74, 6) is -2.75. The number of carboxylic acids is 1. The van der Waals surface area contributed by atoms with Crippen molar-refractivity contribution in [1.82, 2.24) is 25.8 Å². The molecular weight excluding hydrogens is 670 g/mol. The van der Waals surface area contributed by atoms with Crippen molar-refractivity contribution in [3.63, 3.8) is 0 Å². The zero-order valence-electron chi connectivity index (χ0n) is 29.1. The van der Waals surface area contributed by atoms with Crippen LogP contribution in [0, 0.1) is 12.3 Å². The van der Waals surface area contributed by atoms with Gasteiger partial charge in [-0.25, -0.2) is 4.98 Å². The normalized spacial score (nSPS) is 16.5. The Hall–Kier alpha value is -3.96. The number of likely N-dealkylation sites (tertiary alicyclic amines) is 1. The summed E-state index contributed by atoms with van der Waals surface area (Å²) in [6, 6.07) is 5.94. The number of nitrogens with one attached hydrogen (secondary N) is 3. The summed E-state index contributed by atoms with van der Waals surface area (Å²) < 4.78 is 16.2. The SMILES string of the molecule is Cc1ncsc1-c1ccc(CNC(=O)C2CC(O)CN2C(=O)C(NC(=O)COCCOCCOCCNC(=O)CCC(=O)O)C(C)(C)C)cc1. The van der Waals surface area contributed by atoms with Crippen molar-refractivity contribution in [3.8, 4) is 10.4 Å². The van der Waals surface area contributed by atoms with Crippen molar-refractivity contribution < 1.29 is 48.4 Å². The van der Waals surface area contributed by atoms with Crippen LogP contribution in [0.15, 0.2) is 29.8 Å². The standard InChI is InChI=1S/C34H49N5O10S/c1-22-30(50-21-37-22)24-7-5-23(6-8-24)18-36-32(45)26-17-25(40)19-39(26)33(46)31(34(2,3)4)38-28(42)20-49-16-15-48-14-13-47-12-11-35-27(41)9-10-29(43)44/h5-8,21,25-26,31,40H,9-20H2,1-4H3,(H,35,41)(H,36,45)(H,38,42)(H,43,44). The number of nitrogens with zero attached hydrogens (tertiary/aromatic N) is 2. The molecule has 50 heavy (non-hydrogen) atoms. The quantitative estimate of drug-likeness (QED) is 0.123. The lowest BCUT2D eigenvalue weighted by Crippen LogP contribution is -2.58. The lowest BCUT2D eigenvalue weighted by atomic mass is 9.85. The Balaban J connectivity index is 1.38. The first kappa shape index (κ1) is 40.5. The Bertz CT molecular complexity index is 1430. The molecule has 4 amide bonds. The fourth-order valence-corrected chi connectivity index (χ4v) is 5.97. The van der Waals surface area contributed by atoms with Gasteiger partial charge in [0.1, 0.15) is 18.7 Å². The molecule has 3 rings (SSSR count). The highest BCUT2D eigenvalue weighted by Crippen LogP contribution is 2.28. The Morgan fingerprint density at radius 1 is 0.960 bits per heavy atom. The summed E-state index contributed by atoms with van der Waals surface area (Å²) in [6.45, 7) is 8.63. The van der Waals surface area contributed by atoms with Gasteiger partial charge in [0.25, 0.3) is 0 Å². The number of carbonyl (C=O) groups is 5. The molecule has 1 aliphatic heterocycles. The number of rotatable bonds is 20. The minimum absolute atomic E-state index is 0.0265. The van der Waals surface area contributed by atoms with Crippen molar-refractivity contribution in [2.45, 2.75) is 71.7 Å². The van der Waals surface area contributed by atoms with E-state index in [1.807, 2.05) is 31.2 Å². The van der Waals surface area contributed by atoms with Crippen LogP contribution in [0.2, 0.25) is 0 Å². The molecule has 0 spiro atoms. The number of carboxylic acid groups (broad SMARTS) is 1. The third-order valence-electron chi connectivity index (χ3n) is 7.82. The number of benzene rings is 1. The minimum atomic E-state index is -1.03. The molecule has 1 fully saturated rings. The summed E-state index contributed by atoms with van der Waals surface area (Å²) in [4.78, 5) is 68.4. The zero-order chi connectivity index (χ0) is 36.7. The van der Waals surface area contributed by atoms with Crippen LogP contribution in [0.25, 0.3) is 10.4 Å². The van der Waals surface area contributed by atoms with E-state index in [0.29, 0.717) is 0 Å². The van der Waals surface area contributed by atoms with Gasteiger partial charge in [0.05, 0.1) is 61.6 Å². The number of aryl methyl sites for hydroxylation is 1. The molecule has 0 aliphatic carbocycles. The molecule has 1 aromatic carbocycles. The predicted molar refractivity (Wildman–Crippen MR) is 184 cm³/mol. The van der Waals surface area contributed by atoms with Gasteiger partial charge in [-0.2, -0.15) is 0 Å². The van der Waals surface area contributed by atoms with Crippen LogP contribution in [-0.4, -0.2) is 121 Å². The largest absolute Gasteiger partial charge is 0.481 e.